The summed E-state index contributed by atoms with van der Waals surface area (Å²) in [5.74, 6) is 1.45. The first-order valence-corrected chi connectivity index (χ1v) is 8.44. The van der Waals surface area contributed by atoms with E-state index in [0.717, 1.165) is 21.9 Å². The van der Waals surface area contributed by atoms with Gasteiger partial charge in [-0.2, -0.15) is 0 Å². The first kappa shape index (κ1) is 15.8. The van der Waals surface area contributed by atoms with Crippen LogP contribution in [0.25, 0.3) is 10.4 Å². The predicted molar refractivity (Wildman–Crippen MR) is 89.4 cm³/mol. The molecule has 1 aliphatic rings. The molecule has 0 saturated carbocycles. The molecule has 3 rings (SSSR count). The molecule has 5 nitrogen and oxygen atoms in total. The standard InChI is InChI=1S/C17H19NO4S/c1-2-18(7-8-19)17(20)16-6-5-15(23-16)12-3-4-13-14(11-12)22-10-9-21-13/h3-6,11,19H,2,7-10H2,1H3. The number of fused-ring (bicyclic) bond motifs is 1. The van der Waals surface area contributed by atoms with E-state index in [1.54, 1.807) is 4.90 Å². The van der Waals surface area contributed by atoms with Crippen LogP contribution >= 0.6 is 11.3 Å². The Labute approximate surface area is 139 Å². The second-order valence-electron chi connectivity index (χ2n) is 5.13. The maximum atomic E-state index is 12.4. The molecule has 0 radical (unpaired) electrons. The summed E-state index contributed by atoms with van der Waals surface area (Å²) in [6.45, 7) is 3.94. The normalized spacial score (nSPS) is 13.0. The monoisotopic (exact) mass is 333 g/mol. The quantitative estimate of drug-likeness (QED) is 0.914. The van der Waals surface area contributed by atoms with E-state index in [1.807, 2.05) is 37.3 Å². The number of nitrogens with zero attached hydrogens (tertiary/aromatic N) is 1. The van der Waals surface area contributed by atoms with E-state index in [-0.39, 0.29) is 12.5 Å². The van der Waals surface area contributed by atoms with E-state index in [9.17, 15) is 4.79 Å². The number of benzene rings is 1. The van der Waals surface area contributed by atoms with Gasteiger partial charge in [0.1, 0.15) is 13.2 Å². The Morgan fingerprint density at radius 1 is 1.22 bits per heavy atom. The predicted octanol–water partition coefficient (Wildman–Crippen LogP) is 2.64. The summed E-state index contributed by atoms with van der Waals surface area (Å²) in [6.07, 6.45) is 0. The van der Waals surface area contributed by atoms with Crippen molar-refractivity contribution in [2.75, 3.05) is 32.9 Å². The van der Waals surface area contributed by atoms with Crippen molar-refractivity contribution >= 4 is 17.2 Å². The molecule has 1 aromatic heterocycles. The third kappa shape index (κ3) is 3.33. The number of hydrogen-bond donors (Lipinski definition) is 1. The van der Waals surface area contributed by atoms with Crippen molar-refractivity contribution < 1.29 is 19.4 Å². The van der Waals surface area contributed by atoms with Gasteiger partial charge in [-0.05, 0) is 42.8 Å². The Bertz CT molecular complexity index is 698. The second kappa shape index (κ2) is 7.02. The Hall–Kier alpha value is -2.05. The largest absolute Gasteiger partial charge is 0.486 e. The highest BCUT2D eigenvalue weighted by Crippen LogP contribution is 2.37. The highest BCUT2D eigenvalue weighted by atomic mass is 32.1. The molecule has 6 heteroatoms. The molecule has 0 saturated heterocycles. The van der Waals surface area contributed by atoms with Crippen molar-refractivity contribution in [3.63, 3.8) is 0 Å². The van der Waals surface area contributed by atoms with Crippen molar-refractivity contribution in [3.05, 3.63) is 35.2 Å². The van der Waals surface area contributed by atoms with Crippen molar-refractivity contribution in [1.29, 1.82) is 0 Å². The van der Waals surface area contributed by atoms with Crippen LogP contribution in [0.1, 0.15) is 16.6 Å². The molecular weight excluding hydrogens is 314 g/mol. The number of rotatable bonds is 5. The lowest BCUT2D eigenvalue weighted by Crippen LogP contribution is -2.32. The topological polar surface area (TPSA) is 59.0 Å². The molecular formula is C17H19NO4S. The molecule has 0 bridgehead atoms. The summed E-state index contributed by atoms with van der Waals surface area (Å²) in [4.78, 5) is 15.7. The summed E-state index contributed by atoms with van der Waals surface area (Å²) in [7, 11) is 0. The molecule has 1 N–H and O–H groups in total. The number of likely N-dealkylation sites (N-methyl/N-ethyl adjacent to an activating group) is 1. The summed E-state index contributed by atoms with van der Waals surface area (Å²) >= 11 is 1.45. The van der Waals surface area contributed by atoms with Crippen molar-refractivity contribution in [1.82, 2.24) is 4.90 Å². The molecule has 1 amide bonds. The average molecular weight is 333 g/mol. The number of ether oxygens (including phenoxy) is 2. The lowest BCUT2D eigenvalue weighted by molar-refractivity contribution is 0.0737. The molecule has 2 heterocycles. The van der Waals surface area contributed by atoms with Crippen LogP contribution < -0.4 is 9.47 Å². The minimum absolute atomic E-state index is 0.0278. The zero-order valence-electron chi connectivity index (χ0n) is 12.9. The van der Waals surface area contributed by atoms with E-state index in [4.69, 9.17) is 14.6 Å². The summed E-state index contributed by atoms with van der Waals surface area (Å²) in [5, 5.41) is 9.04. The van der Waals surface area contributed by atoms with Gasteiger partial charge in [0.2, 0.25) is 0 Å². The zero-order chi connectivity index (χ0) is 16.2. The molecule has 2 aromatic rings. The van der Waals surface area contributed by atoms with Gasteiger partial charge in [0, 0.05) is 18.0 Å². The van der Waals surface area contributed by atoms with Gasteiger partial charge in [0.25, 0.3) is 5.91 Å². The van der Waals surface area contributed by atoms with Gasteiger partial charge < -0.3 is 19.5 Å². The van der Waals surface area contributed by atoms with E-state index in [0.29, 0.717) is 31.2 Å². The van der Waals surface area contributed by atoms with Gasteiger partial charge in [0.15, 0.2) is 11.5 Å². The number of amides is 1. The third-order valence-electron chi connectivity index (χ3n) is 3.68. The van der Waals surface area contributed by atoms with Gasteiger partial charge in [-0.25, -0.2) is 0 Å². The fourth-order valence-electron chi connectivity index (χ4n) is 2.48. The lowest BCUT2D eigenvalue weighted by Gasteiger charge is -2.19. The number of thiophene rings is 1. The summed E-state index contributed by atoms with van der Waals surface area (Å²) < 4.78 is 11.1. The zero-order valence-corrected chi connectivity index (χ0v) is 13.8. The Balaban J connectivity index is 1.83. The Morgan fingerprint density at radius 2 is 2.00 bits per heavy atom. The maximum absolute atomic E-state index is 12.4. The summed E-state index contributed by atoms with van der Waals surface area (Å²) in [6, 6.07) is 9.59. The lowest BCUT2D eigenvalue weighted by atomic mass is 10.1. The van der Waals surface area contributed by atoms with Crippen LogP contribution in [0.3, 0.4) is 0 Å². The van der Waals surface area contributed by atoms with E-state index < -0.39 is 0 Å². The molecule has 0 spiro atoms. The van der Waals surface area contributed by atoms with Crippen LogP contribution in [0.2, 0.25) is 0 Å². The van der Waals surface area contributed by atoms with Gasteiger partial charge in [-0.1, -0.05) is 0 Å². The van der Waals surface area contributed by atoms with Crippen LogP contribution in [-0.4, -0.2) is 48.8 Å². The Kier molecular flexibility index (Phi) is 4.83. The molecule has 1 aromatic carbocycles. The first-order valence-electron chi connectivity index (χ1n) is 7.63. The van der Waals surface area contributed by atoms with Crippen LogP contribution in [0.4, 0.5) is 0 Å². The fraction of sp³-hybridized carbons (Fsp3) is 0.353. The smallest absolute Gasteiger partial charge is 0.264 e. The van der Waals surface area contributed by atoms with Crippen LogP contribution in [0.15, 0.2) is 30.3 Å². The number of carbonyl (C=O) groups excluding carboxylic acids is 1. The molecule has 23 heavy (non-hydrogen) atoms. The van der Waals surface area contributed by atoms with Gasteiger partial charge >= 0.3 is 0 Å². The molecule has 122 valence electrons. The van der Waals surface area contributed by atoms with E-state index in [1.165, 1.54) is 11.3 Å². The number of hydrogen-bond acceptors (Lipinski definition) is 5. The van der Waals surface area contributed by atoms with Crippen molar-refractivity contribution in [3.8, 4) is 21.9 Å². The van der Waals surface area contributed by atoms with Crippen LogP contribution in [-0.2, 0) is 0 Å². The van der Waals surface area contributed by atoms with Gasteiger partial charge in [-0.15, -0.1) is 11.3 Å². The fourth-order valence-corrected chi connectivity index (χ4v) is 3.45. The highest BCUT2D eigenvalue weighted by Gasteiger charge is 2.18. The van der Waals surface area contributed by atoms with E-state index >= 15 is 0 Å². The SMILES string of the molecule is CCN(CCO)C(=O)c1ccc(-c2ccc3c(c2)OCCO3)s1. The van der Waals surface area contributed by atoms with Crippen molar-refractivity contribution in [2.24, 2.45) is 0 Å². The average Bonchev–Trinajstić information content (AvgIpc) is 3.08. The summed E-state index contributed by atoms with van der Waals surface area (Å²) in [5.41, 5.74) is 1.00. The van der Waals surface area contributed by atoms with Gasteiger partial charge in [-0.3, -0.25) is 4.79 Å². The molecule has 0 fully saturated rings. The second-order valence-corrected chi connectivity index (χ2v) is 6.21. The van der Waals surface area contributed by atoms with Gasteiger partial charge in [0.05, 0.1) is 11.5 Å². The Morgan fingerprint density at radius 3 is 2.74 bits per heavy atom. The minimum atomic E-state index is -0.0460. The molecule has 0 unspecified atom stereocenters. The van der Waals surface area contributed by atoms with Crippen LogP contribution in [0.5, 0.6) is 11.5 Å². The molecule has 0 atom stereocenters. The third-order valence-corrected chi connectivity index (χ3v) is 4.80. The van der Waals surface area contributed by atoms with Crippen molar-refractivity contribution in [2.45, 2.75) is 6.92 Å². The minimum Gasteiger partial charge on any atom is -0.486 e. The molecule has 1 aliphatic heterocycles. The highest BCUT2D eigenvalue weighted by molar-refractivity contribution is 7.17. The van der Waals surface area contributed by atoms with Crippen LogP contribution in [0, 0.1) is 0 Å². The van der Waals surface area contributed by atoms with E-state index in [2.05, 4.69) is 0 Å². The number of carbonyl (C=O) groups is 1. The first-order chi connectivity index (χ1) is 11.2. The number of aliphatic hydroxyl groups excluding tert-OH is 1. The number of aliphatic hydroxyl groups is 1. The maximum Gasteiger partial charge on any atom is 0.264 e. The molecule has 0 aliphatic carbocycles.